The zero-order valence-electron chi connectivity index (χ0n) is 12.6. The molecule has 1 amide bonds. The molecule has 1 rings (SSSR count). The van der Waals surface area contributed by atoms with Crippen LogP contribution in [-0.2, 0) is 14.3 Å². The zero-order valence-corrected chi connectivity index (χ0v) is 12.6. The van der Waals surface area contributed by atoms with Crippen LogP contribution < -0.4 is 0 Å². The Morgan fingerprint density at radius 3 is 2.37 bits per heavy atom. The number of nitrogens with zero attached hydrogens (tertiary/aromatic N) is 1. The van der Waals surface area contributed by atoms with Gasteiger partial charge in [-0.3, -0.25) is 4.90 Å². The number of amides is 1. The molecule has 0 saturated carbocycles. The molecule has 0 bridgehead atoms. The Hall–Kier alpha value is -1.26. The molecular formula is C14H25NO4. The summed E-state index contributed by atoms with van der Waals surface area (Å²) in [5.74, 6) is -0.340. The average Bonchev–Trinajstić information content (AvgIpc) is 2.25. The van der Waals surface area contributed by atoms with Crippen LogP contribution in [0.3, 0.4) is 0 Å². The number of rotatable bonds is 2. The van der Waals surface area contributed by atoms with Gasteiger partial charge in [-0.1, -0.05) is 0 Å². The summed E-state index contributed by atoms with van der Waals surface area (Å²) in [7, 11) is 0. The highest BCUT2D eigenvalue weighted by Gasteiger charge is 2.36. The average molecular weight is 271 g/mol. The third-order valence-corrected chi connectivity index (χ3v) is 2.75. The van der Waals surface area contributed by atoms with Crippen molar-refractivity contribution in [1.29, 1.82) is 0 Å². The standard InChI is InChI=1S/C14H25NO4/c1-10(2)18-13(17)15-9-7-6-8-11(15)12(16)19-14(3,4)5/h10-11H,6-9H2,1-5H3. The van der Waals surface area contributed by atoms with Gasteiger partial charge in [0.05, 0.1) is 6.10 Å². The maximum atomic E-state index is 12.1. The summed E-state index contributed by atoms with van der Waals surface area (Å²) in [5, 5.41) is 0. The first-order valence-electron chi connectivity index (χ1n) is 6.91. The summed E-state index contributed by atoms with van der Waals surface area (Å²) in [6, 6.07) is -0.515. The molecule has 0 aromatic rings. The maximum Gasteiger partial charge on any atom is 0.410 e. The number of likely N-dealkylation sites (tertiary alicyclic amines) is 1. The lowest BCUT2D eigenvalue weighted by atomic mass is 10.0. The van der Waals surface area contributed by atoms with E-state index in [0.29, 0.717) is 13.0 Å². The van der Waals surface area contributed by atoms with E-state index in [1.807, 2.05) is 20.8 Å². The molecule has 0 aliphatic carbocycles. The van der Waals surface area contributed by atoms with Crippen molar-refractivity contribution in [3.8, 4) is 0 Å². The minimum absolute atomic E-state index is 0.186. The minimum atomic E-state index is -0.540. The van der Waals surface area contributed by atoms with Crippen molar-refractivity contribution in [2.45, 2.75) is 71.6 Å². The molecule has 5 nitrogen and oxygen atoms in total. The fraction of sp³-hybridized carbons (Fsp3) is 0.857. The topological polar surface area (TPSA) is 55.8 Å². The van der Waals surface area contributed by atoms with Gasteiger partial charge in [-0.15, -0.1) is 0 Å². The van der Waals surface area contributed by atoms with Crippen molar-refractivity contribution in [1.82, 2.24) is 4.90 Å². The van der Waals surface area contributed by atoms with Crippen molar-refractivity contribution in [3.63, 3.8) is 0 Å². The van der Waals surface area contributed by atoms with E-state index in [2.05, 4.69) is 0 Å². The van der Waals surface area contributed by atoms with Crippen LogP contribution in [-0.4, -0.2) is 41.3 Å². The quantitative estimate of drug-likeness (QED) is 0.725. The molecule has 1 saturated heterocycles. The van der Waals surface area contributed by atoms with Crippen LogP contribution >= 0.6 is 0 Å². The number of piperidine rings is 1. The van der Waals surface area contributed by atoms with E-state index < -0.39 is 17.7 Å². The third kappa shape index (κ3) is 5.09. The molecule has 0 aromatic carbocycles. The highest BCUT2D eigenvalue weighted by Crippen LogP contribution is 2.21. The normalized spacial score (nSPS) is 20.3. The SMILES string of the molecule is CC(C)OC(=O)N1CCCCC1C(=O)OC(C)(C)C. The van der Waals surface area contributed by atoms with Crippen LogP contribution in [0.1, 0.15) is 53.9 Å². The largest absolute Gasteiger partial charge is 0.458 e. The molecule has 19 heavy (non-hydrogen) atoms. The summed E-state index contributed by atoms with van der Waals surface area (Å²) in [6.07, 6.45) is 1.85. The summed E-state index contributed by atoms with van der Waals surface area (Å²) in [6.45, 7) is 9.61. The van der Waals surface area contributed by atoms with Gasteiger partial charge in [0.15, 0.2) is 0 Å². The number of esters is 1. The van der Waals surface area contributed by atoms with Crippen LogP contribution in [0.5, 0.6) is 0 Å². The van der Waals surface area contributed by atoms with Crippen molar-refractivity contribution >= 4 is 12.1 Å². The van der Waals surface area contributed by atoms with Crippen molar-refractivity contribution in [2.75, 3.05) is 6.54 Å². The first-order valence-corrected chi connectivity index (χ1v) is 6.91. The molecule has 0 N–H and O–H groups in total. The van der Waals surface area contributed by atoms with Crippen LogP contribution in [0.2, 0.25) is 0 Å². The van der Waals surface area contributed by atoms with Gasteiger partial charge in [0.1, 0.15) is 11.6 Å². The predicted molar refractivity (Wildman–Crippen MR) is 71.8 cm³/mol. The van der Waals surface area contributed by atoms with E-state index in [1.165, 1.54) is 4.90 Å². The maximum absolute atomic E-state index is 12.1. The molecular weight excluding hydrogens is 246 g/mol. The van der Waals surface area contributed by atoms with E-state index in [4.69, 9.17) is 9.47 Å². The highest BCUT2D eigenvalue weighted by molar-refractivity contribution is 5.82. The number of ether oxygens (including phenoxy) is 2. The fourth-order valence-electron chi connectivity index (χ4n) is 2.03. The number of hydrogen-bond donors (Lipinski definition) is 0. The summed E-state index contributed by atoms with van der Waals surface area (Å²) in [4.78, 5) is 25.6. The van der Waals surface area contributed by atoms with Crippen molar-refractivity contribution in [2.24, 2.45) is 0 Å². The van der Waals surface area contributed by atoms with Crippen LogP contribution in [0.15, 0.2) is 0 Å². The summed E-state index contributed by atoms with van der Waals surface area (Å²) < 4.78 is 10.6. The molecule has 1 fully saturated rings. The van der Waals surface area contributed by atoms with E-state index in [9.17, 15) is 9.59 Å². The number of carbonyl (C=O) groups excluding carboxylic acids is 2. The second kappa shape index (κ2) is 6.26. The van der Waals surface area contributed by atoms with Gasteiger partial charge < -0.3 is 9.47 Å². The second-order valence-corrected chi connectivity index (χ2v) is 6.17. The Morgan fingerprint density at radius 1 is 1.21 bits per heavy atom. The molecule has 1 unspecified atom stereocenters. The highest BCUT2D eigenvalue weighted by atomic mass is 16.6. The van der Waals surface area contributed by atoms with Crippen molar-refractivity contribution < 1.29 is 19.1 Å². The first-order chi connectivity index (χ1) is 8.70. The molecule has 5 heteroatoms. The number of hydrogen-bond acceptors (Lipinski definition) is 4. The Kier molecular flexibility index (Phi) is 5.20. The smallest absolute Gasteiger partial charge is 0.410 e. The Bertz CT molecular complexity index is 333. The molecule has 0 aromatic heterocycles. The van der Waals surface area contributed by atoms with Gasteiger partial charge in [-0.25, -0.2) is 9.59 Å². The molecule has 0 radical (unpaired) electrons. The number of carbonyl (C=O) groups is 2. The van der Waals surface area contributed by atoms with E-state index in [-0.39, 0.29) is 12.1 Å². The second-order valence-electron chi connectivity index (χ2n) is 6.17. The van der Waals surface area contributed by atoms with Gasteiger partial charge in [-0.2, -0.15) is 0 Å². The molecule has 1 aliphatic rings. The summed E-state index contributed by atoms with van der Waals surface area (Å²) >= 11 is 0. The predicted octanol–water partition coefficient (Wildman–Crippen LogP) is 2.73. The van der Waals surface area contributed by atoms with E-state index in [1.54, 1.807) is 13.8 Å². The van der Waals surface area contributed by atoms with Crippen LogP contribution in [0, 0.1) is 0 Å². The molecule has 1 atom stereocenters. The van der Waals surface area contributed by atoms with Crippen LogP contribution in [0.4, 0.5) is 4.79 Å². The van der Waals surface area contributed by atoms with Crippen LogP contribution in [0.25, 0.3) is 0 Å². The Labute approximate surface area is 115 Å². The van der Waals surface area contributed by atoms with Gasteiger partial charge >= 0.3 is 12.1 Å². The zero-order chi connectivity index (χ0) is 14.6. The fourth-order valence-corrected chi connectivity index (χ4v) is 2.03. The van der Waals surface area contributed by atoms with E-state index in [0.717, 1.165) is 12.8 Å². The van der Waals surface area contributed by atoms with Crippen molar-refractivity contribution in [3.05, 3.63) is 0 Å². The lowest BCUT2D eigenvalue weighted by Gasteiger charge is -2.35. The molecule has 1 aliphatic heterocycles. The van der Waals surface area contributed by atoms with Gasteiger partial charge in [0, 0.05) is 6.54 Å². The molecule has 110 valence electrons. The lowest BCUT2D eigenvalue weighted by molar-refractivity contribution is -0.162. The third-order valence-electron chi connectivity index (χ3n) is 2.75. The van der Waals surface area contributed by atoms with Gasteiger partial charge in [0.2, 0.25) is 0 Å². The monoisotopic (exact) mass is 271 g/mol. The summed E-state index contributed by atoms with van der Waals surface area (Å²) in [5.41, 5.74) is -0.540. The minimum Gasteiger partial charge on any atom is -0.458 e. The lowest BCUT2D eigenvalue weighted by Crippen LogP contribution is -2.50. The molecule has 1 heterocycles. The van der Waals surface area contributed by atoms with E-state index >= 15 is 0 Å². The molecule has 0 spiro atoms. The Morgan fingerprint density at radius 2 is 1.84 bits per heavy atom. The Balaban J connectivity index is 2.72. The van der Waals surface area contributed by atoms with Gasteiger partial charge in [0.25, 0.3) is 0 Å². The van der Waals surface area contributed by atoms with Gasteiger partial charge in [-0.05, 0) is 53.9 Å². The first kappa shape index (κ1) is 15.8.